The van der Waals surface area contributed by atoms with Gasteiger partial charge in [0.25, 0.3) is 5.91 Å². The van der Waals surface area contributed by atoms with Crippen LogP contribution in [0.25, 0.3) is 0 Å². The number of rotatable bonds is 9. The number of benzene rings is 2. The summed E-state index contributed by atoms with van der Waals surface area (Å²) in [5.74, 6) is -1.06. The molecule has 8 nitrogen and oxygen atoms in total. The molecule has 4 rings (SSSR count). The molecule has 10 heteroatoms. The highest BCUT2D eigenvalue weighted by atomic mass is 35.5. The summed E-state index contributed by atoms with van der Waals surface area (Å²) in [5, 5.41) is 15.7. The molecule has 0 aliphatic rings. The van der Waals surface area contributed by atoms with E-state index in [1.807, 2.05) is 30.3 Å². The molecular weight excluding hydrogens is 501 g/mol. The quantitative estimate of drug-likeness (QED) is 0.279. The first-order valence-electron chi connectivity index (χ1n) is 10.9. The fourth-order valence-corrected chi connectivity index (χ4v) is 4.07. The Labute approximate surface area is 217 Å². The molecule has 3 N–H and O–H groups in total. The minimum absolute atomic E-state index is 0.129. The van der Waals surface area contributed by atoms with Gasteiger partial charge in [0.15, 0.2) is 0 Å². The number of carbonyl (C=O) groups is 2. The summed E-state index contributed by atoms with van der Waals surface area (Å²) in [7, 11) is 0. The van der Waals surface area contributed by atoms with E-state index in [4.69, 9.17) is 23.2 Å². The van der Waals surface area contributed by atoms with Crippen LogP contribution < -0.4 is 10.6 Å². The average Bonchev–Trinajstić information content (AvgIpc) is 2.85. The molecule has 0 bridgehead atoms. The predicted octanol–water partition coefficient (Wildman–Crippen LogP) is 5.13. The summed E-state index contributed by atoms with van der Waals surface area (Å²) >= 11 is 12.1. The second-order valence-electron chi connectivity index (χ2n) is 7.93. The zero-order valence-electron chi connectivity index (χ0n) is 18.9. The molecule has 0 saturated carbocycles. The van der Waals surface area contributed by atoms with Crippen molar-refractivity contribution >= 4 is 46.6 Å². The van der Waals surface area contributed by atoms with E-state index in [0.29, 0.717) is 17.9 Å². The van der Waals surface area contributed by atoms with Crippen molar-refractivity contribution in [1.82, 2.24) is 15.0 Å². The van der Waals surface area contributed by atoms with Crippen LogP contribution in [0.15, 0.2) is 79.4 Å². The van der Waals surface area contributed by atoms with Crippen LogP contribution in [0.1, 0.15) is 27.2 Å². The van der Waals surface area contributed by atoms with Crippen LogP contribution in [0.4, 0.5) is 11.5 Å². The molecule has 2 heterocycles. The van der Waals surface area contributed by atoms with Gasteiger partial charge in [-0.25, -0.2) is 14.8 Å². The number of aromatic nitrogens is 3. The maximum atomic E-state index is 12.5. The molecule has 0 radical (unpaired) electrons. The number of hydrogen-bond donors (Lipinski definition) is 3. The minimum atomic E-state index is -1.02. The third-order valence-corrected chi connectivity index (χ3v) is 5.88. The van der Waals surface area contributed by atoms with E-state index < -0.39 is 17.9 Å². The van der Waals surface area contributed by atoms with Crippen molar-refractivity contribution in [3.63, 3.8) is 0 Å². The highest BCUT2D eigenvalue weighted by Gasteiger charge is 2.19. The fourth-order valence-electron chi connectivity index (χ4n) is 3.54. The van der Waals surface area contributed by atoms with Gasteiger partial charge in [0.05, 0.1) is 21.3 Å². The second kappa shape index (κ2) is 11.6. The normalized spacial score (nSPS) is 11.5. The lowest BCUT2D eigenvalue weighted by atomic mass is 10.1. The topological polar surface area (TPSA) is 117 Å². The van der Waals surface area contributed by atoms with E-state index in [2.05, 4.69) is 25.6 Å². The molecule has 182 valence electrons. The van der Waals surface area contributed by atoms with Crippen LogP contribution in [-0.4, -0.2) is 38.0 Å². The predicted molar refractivity (Wildman–Crippen MR) is 139 cm³/mol. The van der Waals surface area contributed by atoms with Crippen LogP contribution in [0, 0.1) is 0 Å². The third-order valence-electron chi connectivity index (χ3n) is 5.30. The van der Waals surface area contributed by atoms with Crippen molar-refractivity contribution in [2.24, 2.45) is 0 Å². The van der Waals surface area contributed by atoms with Gasteiger partial charge in [0.2, 0.25) is 0 Å². The Kier molecular flexibility index (Phi) is 8.10. The Morgan fingerprint density at radius 2 is 1.61 bits per heavy atom. The number of nitrogens with zero attached hydrogens (tertiary/aromatic N) is 3. The van der Waals surface area contributed by atoms with Crippen molar-refractivity contribution in [2.45, 2.75) is 18.9 Å². The van der Waals surface area contributed by atoms with E-state index in [-0.39, 0.29) is 22.0 Å². The largest absolute Gasteiger partial charge is 0.480 e. The zero-order chi connectivity index (χ0) is 25.5. The van der Waals surface area contributed by atoms with Crippen molar-refractivity contribution in [3.05, 3.63) is 112 Å². The van der Waals surface area contributed by atoms with E-state index in [1.54, 1.807) is 30.3 Å². The number of anilines is 2. The lowest BCUT2D eigenvalue weighted by Gasteiger charge is -2.16. The first kappa shape index (κ1) is 25.1. The van der Waals surface area contributed by atoms with Gasteiger partial charge in [-0.05, 0) is 23.3 Å². The summed E-state index contributed by atoms with van der Waals surface area (Å²) in [5.41, 5.74) is 3.26. The number of halogens is 2. The maximum absolute atomic E-state index is 12.5. The van der Waals surface area contributed by atoms with Crippen LogP contribution in [0.3, 0.4) is 0 Å². The molecular formula is C26H21Cl2N5O3. The minimum Gasteiger partial charge on any atom is -0.480 e. The van der Waals surface area contributed by atoms with Gasteiger partial charge in [-0.3, -0.25) is 9.78 Å². The van der Waals surface area contributed by atoms with Crippen molar-refractivity contribution in [2.75, 3.05) is 10.6 Å². The maximum Gasteiger partial charge on any atom is 0.326 e. The summed E-state index contributed by atoms with van der Waals surface area (Å²) < 4.78 is 0. The van der Waals surface area contributed by atoms with Gasteiger partial charge in [-0.2, -0.15) is 0 Å². The molecule has 1 atom stereocenters. The zero-order valence-corrected chi connectivity index (χ0v) is 20.4. The monoisotopic (exact) mass is 521 g/mol. The lowest BCUT2D eigenvalue weighted by molar-refractivity contribution is -0.137. The van der Waals surface area contributed by atoms with E-state index in [9.17, 15) is 14.7 Å². The van der Waals surface area contributed by atoms with Gasteiger partial charge in [0, 0.05) is 37.0 Å². The van der Waals surface area contributed by atoms with Crippen molar-refractivity contribution in [1.29, 1.82) is 0 Å². The molecule has 4 aromatic rings. The smallest absolute Gasteiger partial charge is 0.326 e. The molecule has 0 aliphatic heterocycles. The Balaban J connectivity index is 1.41. The fraction of sp³-hybridized carbons (Fsp3) is 0.115. The van der Waals surface area contributed by atoms with E-state index in [0.717, 1.165) is 16.8 Å². The van der Waals surface area contributed by atoms with Gasteiger partial charge < -0.3 is 15.7 Å². The molecule has 1 amide bonds. The molecule has 0 saturated heterocycles. The first-order chi connectivity index (χ1) is 17.4. The first-order valence-corrected chi connectivity index (χ1v) is 11.7. The Morgan fingerprint density at radius 1 is 0.917 bits per heavy atom. The lowest BCUT2D eigenvalue weighted by Crippen LogP contribution is -2.32. The number of nitrogens with one attached hydrogen (secondary N) is 2. The molecule has 36 heavy (non-hydrogen) atoms. The molecule has 0 unspecified atom stereocenters. The van der Waals surface area contributed by atoms with Crippen LogP contribution >= 0.6 is 23.2 Å². The Morgan fingerprint density at radius 3 is 2.28 bits per heavy atom. The van der Waals surface area contributed by atoms with Gasteiger partial charge in [-0.1, -0.05) is 65.7 Å². The van der Waals surface area contributed by atoms with Crippen LogP contribution in [-0.2, 0) is 17.6 Å². The van der Waals surface area contributed by atoms with Crippen LogP contribution in [0.2, 0.25) is 10.0 Å². The highest BCUT2D eigenvalue weighted by molar-refractivity contribution is 6.40. The molecule has 2 aromatic carbocycles. The number of aliphatic carboxylic acids is 1. The number of carbonyl (C=O) groups excluding carboxylic acids is 1. The van der Waals surface area contributed by atoms with E-state index >= 15 is 0 Å². The summed E-state index contributed by atoms with van der Waals surface area (Å²) in [6.45, 7) is 0. The van der Waals surface area contributed by atoms with Gasteiger partial charge in [0.1, 0.15) is 18.2 Å². The van der Waals surface area contributed by atoms with Gasteiger partial charge >= 0.3 is 5.97 Å². The third kappa shape index (κ3) is 6.56. The second-order valence-corrected chi connectivity index (χ2v) is 8.74. The number of amides is 1. The molecule has 0 fully saturated rings. The van der Waals surface area contributed by atoms with Gasteiger partial charge in [-0.15, -0.1) is 0 Å². The van der Waals surface area contributed by atoms with Crippen molar-refractivity contribution < 1.29 is 14.7 Å². The molecule has 0 spiro atoms. The number of carboxylic acids is 1. The number of hydrogen-bond acceptors (Lipinski definition) is 6. The van der Waals surface area contributed by atoms with Crippen LogP contribution in [0.5, 0.6) is 0 Å². The average molecular weight is 522 g/mol. The summed E-state index contributed by atoms with van der Waals surface area (Å²) in [4.78, 5) is 36.8. The summed E-state index contributed by atoms with van der Waals surface area (Å²) in [6, 6.07) is 17.5. The highest BCUT2D eigenvalue weighted by Crippen LogP contribution is 2.24. The Hall–Kier alpha value is -4.01. The molecule has 2 aromatic heterocycles. The van der Waals surface area contributed by atoms with Crippen molar-refractivity contribution in [3.8, 4) is 0 Å². The SMILES string of the molecule is O=C(Nc1ccc(C[C@H](Nc2cc(Cc3ccccc3)ncn2)C(=O)O)cc1)c1c(Cl)cncc1Cl. The number of carboxylic acid groups (broad SMARTS) is 1. The number of pyridine rings is 1. The molecule has 0 aliphatic carbocycles. The van der Waals surface area contributed by atoms with E-state index in [1.165, 1.54) is 18.7 Å². The summed E-state index contributed by atoms with van der Waals surface area (Å²) in [6.07, 6.45) is 4.90. The standard InChI is InChI=1S/C26H21Cl2N5O3/c27-20-13-29-14-21(28)24(20)25(34)32-18-8-6-17(7-9-18)11-22(26(35)36)33-23-12-19(30-15-31-23)10-16-4-2-1-3-5-16/h1-9,12-15,22H,10-11H2,(H,32,34)(H,35,36)(H,30,31,33)/t22-/m0/s1. The Bertz CT molecular complexity index is 1350.